The SMILES string of the molecule is CC(=O)NC(Cc1ccc(O)cc1)C(=O)N1CCC[C@H]1C(=O)OCOc1ccc([N+](=O)[O-])c2cccnc12. The fourth-order valence-electron chi connectivity index (χ4n) is 4.44. The van der Waals surface area contributed by atoms with Gasteiger partial charge in [-0.2, -0.15) is 0 Å². The van der Waals surface area contributed by atoms with Crippen LogP contribution in [0.2, 0.25) is 0 Å². The van der Waals surface area contributed by atoms with Gasteiger partial charge >= 0.3 is 5.97 Å². The summed E-state index contributed by atoms with van der Waals surface area (Å²) in [6, 6.07) is 10.3. The molecule has 1 aliphatic rings. The number of hydrogen-bond donors (Lipinski definition) is 2. The molecular formula is C26H26N4O8. The van der Waals surface area contributed by atoms with Crippen molar-refractivity contribution in [3.05, 3.63) is 70.4 Å². The Hall–Kier alpha value is -4.74. The molecule has 1 fully saturated rings. The number of aromatic hydroxyl groups is 1. The lowest BCUT2D eigenvalue weighted by atomic mass is 10.0. The lowest BCUT2D eigenvalue weighted by molar-refractivity contribution is -0.383. The van der Waals surface area contributed by atoms with E-state index in [1.54, 1.807) is 24.3 Å². The summed E-state index contributed by atoms with van der Waals surface area (Å²) in [7, 11) is 0. The molecule has 1 aromatic heterocycles. The lowest BCUT2D eigenvalue weighted by Crippen LogP contribution is -2.52. The fourth-order valence-corrected chi connectivity index (χ4v) is 4.44. The summed E-state index contributed by atoms with van der Waals surface area (Å²) in [5, 5.41) is 23.7. The molecule has 2 N–H and O–H groups in total. The first kappa shape index (κ1) is 26.3. The van der Waals surface area contributed by atoms with Crippen molar-refractivity contribution in [1.29, 1.82) is 0 Å². The normalized spacial score (nSPS) is 15.6. The van der Waals surface area contributed by atoms with Gasteiger partial charge in [0.2, 0.25) is 18.6 Å². The molecule has 0 aliphatic carbocycles. The second kappa shape index (κ2) is 11.5. The zero-order valence-corrected chi connectivity index (χ0v) is 20.5. The van der Waals surface area contributed by atoms with Crippen LogP contribution >= 0.6 is 0 Å². The fraction of sp³-hybridized carbons (Fsp3) is 0.308. The highest BCUT2D eigenvalue weighted by molar-refractivity contribution is 5.92. The number of amides is 2. The van der Waals surface area contributed by atoms with Crippen LogP contribution in [0.15, 0.2) is 54.7 Å². The summed E-state index contributed by atoms with van der Waals surface area (Å²) >= 11 is 0. The molecule has 12 heteroatoms. The van der Waals surface area contributed by atoms with Crippen LogP contribution in [0.5, 0.6) is 11.5 Å². The molecule has 12 nitrogen and oxygen atoms in total. The number of likely N-dealkylation sites (tertiary alicyclic amines) is 1. The number of nitro groups is 1. The van der Waals surface area contributed by atoms with Crippen molar-refractivity contribution in [3.8, 4) is 11.5 Å². The first-order valence-electron chi connectivity index (χ1n) is 11.9. The Labute approximate surface area is 217 Å². The number of aromatic nitrogens is 1. The van der Waals surface area contributed by atoms with E-state index in [-0.39, 0.29) is 34.5 Å². The van der Waals surface area contributed by atoms with Gasteiger partial charge in [-0.25, -0.2) is 4.79 Å². The molecule has 2 amide bonds. The molecule has 1 saturated heterocycles. The number of phenolic OH excluding ortho intramolecular Hbond substituents is 1. The average Bonchev–Trinajstić information content (AvgIpc) is 3.39. The number of rotatable bonds is 9. The molecule has 1 unspecified atom stereocenters. The van der Waals surface area contributed by atoms with Crippen molar-refractivity contribution in [3.63, 3.8) is 0 Å². The van der Waals surface area contributed by atoms with Crippen LogP contribution < -0.4 is 10.1 Å². The van der Waals surface area contributed by atoms with E-state index in [1.807, 2.05) is 0 Å². The highest BCUT2D eigenvalue weighted by Gasteiger charge is 2.38. The maximum absolute atomic E-state index is 13.4. The van der Waals surface area contributed by atoms with Gasteiger partial charge in [-0.15, -0.1) is 0 Å². The number of benzene rings is 2. The van der Waals surface area contributed by atoms with E-state index >= 15 is 0 Å². The molecule has 2 aromatic carbocycles. The number of phenols is 1. The Morgan fingerprint density at radius 1 is 1.21 bits per heavy atom. The van der Waals surface area contributed by atoms with Gasteiger partial charge < -0.3 is 24.8 Å². The number of carbonyl (C=O) groups excluding carboxylic acids is 3. The number of hydrogen-bond acceptors (Lipinski definition) is 9. The molecule has 198 valence electrons. The van der Waals surface area contributed by atoms with Crippen molar-refractivity contribution in [2.45, 2.75) is 38.3 Å². The van der Waals surface area contributed by atoms with E-state index < -0.39 is 41.6 Å². The quantitative estimate of drug-likeness (QED) is 0.186. The minimum Gasteiger partial charge on any atom is -0.508 e. The predicted molar refractivity (Wildman–Crippen MR) is 134 cm³/mol. The van der Waals surface area contributed by atoms with E-state index in [0.717, 1.165) is 5.56 Å². The Balaban J connectivity index is 1.41. The lowest BCUT2D eigenvalue weighted by Gasteiger charge is -2.28. The number of nitrogens with zero attached hydrogens (tertiary/aromatic N) is 3. The Bertz CT molecular complexity index is 1360. The van der Waals surface area contributed by atoms with Crippen LogP contribution in [0.1, 0.15) is 25.3 Å². The Morgan fingerprint density at radius 3 is 2.68 bits per heavy atom. The van der Waals surface area contributed by atoms with Crippen molar-refractivity contribution in [2.24, 2.45) is 0 Å². The monoisotopic (exact) mass is 522 g/mol. The third kappa shape index (κ3) is 5.97. The van der Waals surface area contributed by atoms with Crippen LogP contribution in [0, 0.1) is 10.1 Å². The van der Waals surface area contributed by atoms with Crippen LogP contribution in [-0.2, 0) is 25.5 Å². The van der Waals surface area contributed by atoms with Crippen LogP contribution in [0.3, 0.4) is 0 Å². The van der Waals surface area contributed by atoms with Crippen LogP contribution in [0.4, 0.5) is 5.69 Å². The van der Waals surface area contributed by atoms with E-state index in [2.05, 4.69) is 10.3 Å². The minimum atomic E-state index is -0.903. The number of carbonyl (C=O) groups is 3. The number of nitro benzene ring substituents is 1. The Kier molecular flexibility index (Phi) is 8.00. The van der Waals surface area contributed by atoms with Gasteiger partial charge in [0.15, 0.2) is 0 Å². The van der Waals surface area contributed by atoms with Gasteiger partial charge in [0, 0.05) is 32.2 Å². The molecule has 4 rings (SSSR count). The topological polar surface area (TPSA) is 161 Å². The molecule has 0 spiro atoms. The van der Waals surface area contributed by atoms with Crippen molar-refractivity contribution in [1.82, 2.24) is 15.2 Å². The third-order valence-corrected chi connectivity index (χ3v) is 6.18. The van der Waals surface area contributed by atoms with E-state index in [9.17, 15) is 29.6 Å². The molecule has 1 aliphatic heterocycles. The molecule has 0 radical (unpaired) electrons. The van der Waals surface area contributed by atoms with Gasteiger partial charge in [-0.3, -0.25) is 24.7 Å². The third-order valence-electron chi connectivity index (χ3n) is 6.18. The molecule has 2 atom stereocenters. The highest BCUT2D eigenvalue weighted by atomic mass is 16.7. The maximum atomic E-state index is 13.4. The van der Waals surface area contributed by atoms with Crippen molar-refractivity contribution < 1.29 is 33.9 Å². The second-order valence-electron chi connectivity index (χ2n) is 8.78. The molecule has 0 bridgehead atoms. The second-order valence-corrected chi connectivity index (χ2v) is 8.78. The summed E-state index contributed by atoms with van der Waals surface area (Å²) in [4.78, 5) is 54.3. The van der Waals surface area contributed by atoms with Crippen molar-refractivity contribution in [2.75, 3.05) is 13.3 Å². The van der Waals surface area contributed by atoms with E-state index in [4.69, 9.17) is 9.47 Å². The predicted octanol–water partition coefficient (Wildman–Crippen LogP) is 2.47. The van der Waals surface area contributed by atoms with Gasteiger partial charge in [0.1, 0.15) is 29.1 Å². The summed E-state index contributed by atoms with van der Waals surface area (Å²) < 4.78 is 10.9. The first-order valence-corrected chi connectivity index (χ1v) is 11.9. The summed E-state index contributed by atoms with van der Waals surface area (Å²) in [6.07, 6.45) is 2.62. The van der Waals surface area contributed by atoms with Crippen LogP contribution in [-0.4, -0.2) is 63.1 Å². The van der Waals surface area contributed by atoms with E-state index in [0.29, 0.717) is 19.4 Å². The Morgan fingerprint density at radius 2 is 1.97 bits per heavy atom. The van der Waals surface area contributed by atoms with Gasteiger partial charge in [-0.05, 0) is 48.7 Å². The van der Waals surface area contributed by atoms with Gasteiger partial charge in [0.05, 0.1) is 10.3 Å². The molecule has 38 heavy (non-hydrogen) atoms. The minimum absolute atomic E-state index is 0.0817. The van der Waals surface area contributed by atoms with Gasteiger partial charge in [0.25, 0.3) is 5.69 Å². The van der Waals surface area contributed by atoms with Crippen LogP contribution in [0.25, 0.3) is 10.9 Å². The number of non-ortho nitro benzene ring substituents is 1. The van der Waals surface area contributed by atoms with E-state index in [1.165, 1.54) is 42.3 Å². The molecule has 2 heterocycles. The number of esters is 1. The standard InChI is InChI=1S/C26H26N4O8/c1-16(31)28-20(14-17-6-8-18(32)9-7-17)25(33)29-13-3-5-22(29)26(34)38-15-37-23-11-10-21(30(35)36)19-4-2-12-27-24(19)23/h2,4,6-12,20,22,32H,3,5,13-15H2,1H3,(H,28,31)/t20?,22-/m0/s1. The smallest absolute Gasteiger partial charge is 0.331 e. The summed E-state index contributed by atoms with van der Waals surface area (Å²) in [6.45, 7) is 1.15. The molecule has 3 aromatic rings. The highest BCUT2D eigenvalue weighted by Crippen LogP contribution is 2.31. The summed E-state index contributed by atoms with van der Waals surface area (Å²) in [5.41, 5.74) is 0.854. The molecular weight excluding hydrogens is 496 g/mol. The largest absolute Gasteiger partial charge is 0.508 e. The van der Waals surface area contributed by atoms with Gasteiger partial charge in [-0.1, -0.05) is 12.1 Å². The van der Waals surface area contributed by atoms with Crippen molar-refractivity contribution >= 4 is 34.4 Å². The zero-order valence-electron chi connectivity index (χ0n) is 20.5. The zero-order chi connectivity index (χ0) is 27.2. The first-order chi connectivity index (χ1) is 18.2. The molecule has 0 saturated carbocycles. The number of pyridine rings is 1. The summed E-state index contributed by atoms with van der Waals surface area (Å²) in [5.74, 6) is -1.19. The maximum Gasteiger partial charge on any atom is 0.331 e. The average molecular weight is 523 g/mol. The number of ether oxygens (including phenoxy) is 2. The number of nitrogens with one attached hydrogen (secondary N) is 1. The number of fused-ring (bicyclic) bond motifs is 1.